The lowest BCUT2D eigenvalue weighted by molar-refractivity contribution is 0.102. The van der Waals surface area contributed by atoms with Crippen LogP contribution in [0, 0.1) is 0 Å². The molecule has 1 aromatic carbocycles. The van der Waals surface area contributed by atoms with Gasteiger partial charge in [0.05, 0.1) is 12.8 Å². The molecule has 0 unspecified atom stereocenters. The SMILES string of the molecule is COc1cc(NC(=O)c2ccccn2)ccc1N=Nc1ccncc1. The highest BCUT2D eigenvalue weighted by atomic mass is 16.5. The molecule has 0 saturated carbocycles. The lowest BCUT2D eigenvalue weighted by atomic mass is 10.2. The number of carbonyl (C=O) groups excluding carboxylic acids is 1. The molecule has 0 bridgehead atoms. The minimum atomic E-state index is -0.297. The maximum absolute atomic E-state index is 12.1. The normalized spacial score (nSPS) is 10.6. The van der Waals surface area contributed by atoms with E-state index < -0.39 is 0 Å². The van der Waals surface area contributed by atoms with Gasteiger partial charge in [0.1, 0.15) is 17.1 Å². The van der Waals surface area contributed by atoms with E-state index in [4.69, 9.17) is 4.74 Å². The smallest absolute Gasteiger partial charge is 0.274 e. The number of nitrogens with one attached hydrogen (secondary N) is 1. The van der Waals surface area contributed by atoms with Gasteiger partial charge in [-0.1, -0.05) is 6.07 Å². The topological polar surface area (TPSA) is 88.8 Å². The summed E-state index contributed by atoms with van der Waals surface area (Å²) in [6.07, 6.45) is 4.85. The molecule has 1 N–H and O–H groups in total. The molecular formula is C18H15N5O2. The van der Waals surface area contributed by atoms with Crippen LogP contribution < -0.4 is 10.1 Å². The van der Waals surface area contributed by atoms with Crippen LogP contribution in [0.25, 0.3) is 0 Å². The van der Waals surface area contributed by atoms with Crippen molar-refractivity contribution in [2.45, 2.75) is 0 Å². The summed E-state index contributed by atoms with van der Waals surface area (Å²) in [6, 6.07) is 13.8. The molecule has 1 amide bonds. The number of pyridine rings is 2. The van der Waals surface area contributed by atoms with Crippen LogP contribution >= 0.6 is 0 Å². The number of benzene rings is 1. The van der Waals surface area contributed by atoms with Crippen molar-refractivity contribution < 1.29 is 9.53 Å². The number of nitrogens with zero attached hydrogens (tertiary/aromatic N) is 4. The van der Waals surface area contributed by atoms with Gasteiger partial charge in [-0.05, 0) is 36.4 Å². The van der Waals surface area contributed by atoms with E-state index in [-0.39, 0.29) is 5.91 Å². The van der Waals surface area contributed by atoms with Crippen molar-refractivity contribution in [2.24, 2.45) is 10.2 Å². The van der Waals surface area contributed by atoms with Crippen molar-refractivity contribution in [3.63, 3.8) is 0 Å². The van der Waals surface area contributed by atoms with Gasteiger partial charge < -0.3 is 10.1 Å². The standard InChI is InChI=1S/C18H15N5O2/c1-25-17-12-14(21-18(24)16-4-2-3-9-20-16)5-6-15(17)23-22-13-7-10-19-11-8-13/h2-12H,1H3,(H,21,24). The molecule has 0 spiro atoms. The fourth-order valence-electron chi connectivity index (χ4n) is 2.05. The average molecular weight is 333 g/mol. The van der Waals surface area contributed by atoms with E-state index in [1.807, 2.05) is 0 Å². The van der Waals surface area contributed by atoms with Crippen molar-refractivity contribution in [3.8, 4) is 5.75 Å². The van der Waals surface area contributed by atoms with Crippen molar-refractivity contribution in [2.75, 3.05) is 12.4 Å². The summed E-state index contributed by atoms with van der Waals surface area (Å²) in [6.45, 7) is 0. The van der Waals surface area contributed by atoms with Crippen LogP contribution in [0.15, 0.2) is 77.3 Å². The third kappa shape index (κ3) is 4.23. The Labute approximate surface area is 144 Å². The molecule has 2 heterocycles. The summed E-state index contributed by atoms with van der Waals surface area (Å²) in [5.74, 6) is 0.199. The second-order valence-corrected chi connectivity index (χ2v) is 4.96. The molecule has 0 aliphatic heterocycles. The Morgan fingerprint density at radius 2 is 1.88 bits per heavy atom. The zero-order valence-corrected chi connectivity index (χ0v) is 13.5. The Kier molecular flexibility index (Phi) is 5.06. The van der Waals surface area contributed by atoms with Crippen molar-refractivity contribution in [3.05, 3.63) is 72.8 Å². The zero-order valence-electron chi connectivity index (χ0n) is 13.5. The number of methoxy groups -OCH3 is 1. The number of aromatic nitrogens is 2. The largest absolute Gasteiger partial charge is 0.494 e. The van der Waals surface area contributed by atoms with Crippen LogP contribution in [0.3, 0.4) is 0 Å². The van der Waals surface area contributed by atoms with E-state index in [0.717, 1.165) is 0 Å². The number of amides is 1. The van der Waals surface area contributed by atoms with E-state index in [2.05, 4.69) is 25.5 Å². The molecule has 7 heteroatoms. The molecule has 0 fully saturated rings. The highest BCUT2D eigenvalue weighted by Gasteiger charge is 2.09. The molecule has 3 aromatic rings. The Bertz CT molecular complexity index is 882. The third-order valence-electron chi connectivity index (χ3n) is 3.27. The average Bonchev–Trinajstić information content (AvgIpc) is 2.68. The predicted molar refractivity (Wildman–Crippen MR) is 93.6 cm³/mol. The second-order valence-electron chi connectivity index (χ2n) is 4.96. The summed E-state index contributed by atoms with van der Waals surface area (Å²) in [4.78, 5) is 20.1. The molecular weight excluding hydrogens is 318 g/mol. The molecule has 0 saturated heterocycles. The predicted octanol–water partition coefficient (Wildman–Crippen LogP) is 4.15. The van der Waals surface area contributed by atoms with Crippen LogP contribution in [0.1, 0.15) is 10.5 Å². The molecule has 0 radical (unpaired) electrons. The fraction of sp³-hybridized carbons (Fsp3) is 0.0556. The number of ether oxygens (including phenoxy) is 1. The van der Waals surface area contributed by atoms with Crippen molar-refractivity contribution >= 4 is 23.0 Å². The number of hydrogen-bond donors (Lipinski definition) is 1. The van der Waals surface area contributed by atoms with Gasteiger partial charge in [-0.15, -0.1) is 5.11 Å². The Morgan fingerprint density at radius 1 is 1.04 bits per heavy atom. The Balaban J connectivity index is 1.78. The number of rotatable bonds is 5. The lowest BCUT2D eigenvalue weighted by Gasteiger charge is -2.08. The second kappa shape index (κ2) is 7.78. The molecule has 3 rings (SSSR count). The van der Waals surface area contributed by atoms with E-state index >= 15 is 0 Å². The molecule has 0 aliphatic rings. The summed E-state index contributed by atoms with van der Waals surface area (Å²) in [7, 11) is 1.53. The minimum Gasteiger partial charge on any atom is -0.494 e. The van der Waals surface area contributed by atoms with Gasteiger partial charge in [-0.2, -0.15) is 5.11 Å². The van der Waals surface area contributed by atoms with Crippen LogP contribution in [0.4, 0.5) is 17.1 Å². The first-order valence-electron chi connectivity index (χ1n) is 7.48. The van der Waals surface area contributed by atoms with Crippen molar-refractivity contribution in [1.29, 1.82) is 0 Å². The summed E-state index contributed by atoms with van der Waals surface area (Å²) >= 11 is 0. The number of azo groups is 1. The lowest BCUT2D eigenvalue weighted by Crippen LogP contribution is -2.13. The van der Waals surface area contributed by atoms with E-state index in [9.17, 15) is 4.79 Å². The van der Waals surface area contributed by atoms with Gasteiger partial charge in [-0.25, -0.2) is 0 Å². The zero-order chi connectivity index (χ0) is 17.5. The Morgan fingerprint density at radius 3 is 2.60 bits per heavy atom. The molecule has 124 valence electrons. The third-order valence-corrected chi connectivity index (χ3v) is 3.27. The summed E-state index contributed by atoms with van der Waals surface area (Å²) in [5.41, 5.74) is 2.15. The van der Waals surface area contributed by atoms with Gasteiger partial charge in [0.2, 0.25) is 0 Å². The van der Waals surface area contributed by atoms with Gasteiger partial charge >= 0.3 is 0 Å². The first-order chi connectivity index (χ1) is 12.3. The fourth-order valence-corrected chi connectivity index (χ4v) is 2.05. The Hall–Kier alpha value is -3.61. The highest BCUT2D eigenvalue weighted by Crippen LogP contribution is 2.31. The first-order valence-corrected chi connectivity index (χ1v) is 7.48. The molecule has 0 aliphatic carbocycles. The van der Waals surface area contributed by atoms with Gasteiger partial charge in [0.25, 0.3) is 5.91 Å². The molecule has 0 atom stereocenters. The van der Waals surface area contributed by atoms with Gasteiger partial charge in [0.15, 0.2) is 0 Å². The van der Waals surface area contributed by atoms with E-state index in [1.54, 1.807) is 67.1 Å². The number of carbonyl (C=O) groups is 1. The van der Waals surface area contributed by atoms with Gasteiger partial charge in [-0.3, -0.25) is 14.8 Å². The van der Waals surface area contributed by atoms with Gasteiger partial charge in [0, 0.05) is 30.3 Å². The molecule has 25 heavy (non-hydrogen) atoms. The summed E-state index contributed by atoms with van der Waals surface area (Å²) < 4.78 is 5.33. The molecule has 7 nitrogen and oxygen atoms in total. The summed E-state index contributed by atoms with van der Waals surface area (Å²) in [5, 5.41) is 11.1. The highest BCUT2D eigenvalue weighted by molar-refractivity contribution is 6.03. The minimum absolute atomic E-state index is 0.297. The van der Waals surface area contributed by atoms with E-state index in [1.165, 1.54) is 7.11 Å². The monoisotopic (exact) mass is 333 g/mol. The van der Waals surface area contributed by atoms with Crippen LogP contribution in [-0.2, 0) is 0 Å². The quantitative estimate of drug-likeness (QED) is 0.710. The number of anilines is 1. The van der Waals surface area contributed by atoms with Crippen LogP contribution in [0.2, 0.25) is 0 Å². The first kappa shape index (κ1) is 16.3. The van der Waals surface area contributed by atoms with Crippen LogP contribution in [-0.4, -0.2) is 23.0 Å². The molecule has 2 aromatic heterocycles. The van der Waals surface area contributed by atoms with Crippen molar-refractivity contribution in [1.82, 2.24) is 9.97 Å². The maximum Gasteiger partial charge on any atom is 0.274 e. The van der Waals surface area contributed by atoms with E-state index in [0.29, 0.717) is 28.5 Å². The maximum atomic E-state index is 12.1. The van der Waals surface area contributed by atoms with Crippen LogP contribution in [0.5, 0.6) is 5.75 Å². The number of hydrogen-bond acceptors (Lipinski definition) is 6.